The third kappa shape index (κ3) is 7.46. The Morgan fingerprint density at radius 2 is 1.54 bits per heavy atom. The largest absolute Gasteiger partial charge is 0.416 e. The highest BCUT2D eigenvalue weighted by molar-refractivity contribution is 7.92. The van der Waals surface area contributed by atoms with Gasteiger partial charge in [-0.25, -0.2) is 8.42 Å². The summed E-state index contributed by atoms with van der Waals surface area (Å²) in [5, 5.41) is 2.98. The molecule has 1 N–H and O–H groups in total. The monoisotopic (exact) mass is 587 g/mol. The van der Waals surface area contributed by atoms with Crippen molar-refractivity contribution < 1.29 is 31.2 Å². The first-order valence-corrected chi connectivity index (χ1v) is 14.8. The van der Waals surface area contributed by atoms with Gasteiger partial charge in [0.25, 0.3) is 10.0 Å². The van der Waals surface area contributed by atoms with E-state index < -0.39 is 40.3 Å². The highest BCUT2D eigenvalue weighted by Crippen LogP contribution is 2.33. The van der Waals surface area contributed by atoms with Gasteiger partial charge in [0.15, 0.2) is 0 Å². The van der Waals surface area contributed by atoms with Gasteiger partial charge in [-0.3, -0.25) is 13.9 Å². The second-order valence-electron chi connectivity index (χ2n) is 10.0. The molecule has 1 fully saturated rings. The van der Waals surface area contributed by atoms with Crippen molar-refractivity contribution in [2.45, 2.75) is 62.3 Å². The lowest BCUT2D eigenvalue weighted by molar-refractivity contribution is -0.139. The number of anilines is 1. The first-order chi connectivity index (χ1) is 19.5. The molecule has 218 valence electrons. The van der Waals surface area contributed by atoms with Crippen LogP contribution < -0.4 is 9.62 Å². The van der Waals surface area contributed by atoms with Crippen molar-refractivity contribution >= 4 is 27.5 Å². The molecule has 0 radical (unpaired) electrons. The predicted molar refractivity (Wildman–Crippen MR) is 149 cm³/mol. The quantitative estimate of drug-likeness (QED) is 0.345. The first kappa shape index (κ1) is 30.1. The van der Waals surface area contributed by atoms with Crippen LogP contribution in [-0.2, 0) is 32.3 Å². The average molecular weight is 588 g/mol. The van der Waals surface area contributed by atoms with E-state index in [1.54, 1.807) is 43.3 Å². The lowest BCUT2D eigenvalue weighted by atomic mass is 10.1. The summed E-state index contributed by atoms with van der Waals surface area (Å²) in [6, 6.07) is 18.9. The third-order valence-electron chi connectivity index (χ3n) is 7.14. The van der Waals surface area contributed by atoms with E-state index >= 15 is 0 Å². The lowest BCUT2D eigenvalue weighted by Crippen LogP contribution is -2.52. The predicted octanol–water partition coefficient (Wildman–Crippen LogP) is 5.38. The summed E-state index contributed by atoms with van der Waals surface area (Å²) >= 11 is 0. The normalized spacial score (nSPS) is 14.8. The fraction of sp³-hybridized carbons (Fsp3) is 0.333. The number of hydrogen-bond acceptors (Lipinski definition) is 4. The second-order valence-corrected chi connectivity index (χ2v) is 11.9. The molecule has 3 aromatic carbocycles. The van der Waals surface area contributed by atoms with Gasteiger partial charge in [-0.05, 0) is 55.7 Å². The van der Waals surface area contributed by atoms with E-state index in [9.17, 15) is 31.2 Å². The smallest absolute Gasteiger partial charge is 0.352 e. The average Bonchev–Trinajstić information content (AvgIpc) is 3.47. The summed E-state index contributed by atoms with van der Waals surface area (Å²) < 4.78 is 68.8. The number of carbonyl (C=O) groups is 2. The molecule has 0 saturated heterocycles. The van der Waals surface area contributed by atoms with E-state index in [-0.39, 0.29) is 29.1 Å². The van der Waals surface area contributed by atoms with Gasteiger partial charge < -0.3 is 10.2 Å². The first-order valence-electron chi connectivity index (χ1n) is 13.4. The van der Waals surface area contributed by atoms with Crippen molar-refractivity contribution in [1.29, 1.82) is 0 Å². The Bertz CT molecular complexity index is 1440. The van der Waals surface area contributed by atoms with E-state index in [1.807, 2.05) is 0 Å². The van der Waals surface area contributed by atoms with Crippen LogP contribution in [0.3, 0.4) is 0 Å². The molecule has 0 heterocycles. The van der Waals surface area contributed by atoms with Crippen molar-refractivity contribution in [3.05, 3.63) is 96.1 Å². The minimum absolute atomic E-state index is 0.000736. The fourth-order valence-corrected chi connectivity index (χ4v) is 6.27. The van der Waals surface area contributed by atoms with Gasteiger partial charge in [0.05, 0.1) is 16.1 Å². The van der Waals surface area contributed by atoms with Crippen LogP contribution in [0.15, 0.2) is 89.8 Å². The van der Waals surface area contributed by atoms with Crippen molar-refractivity contribution in [3.63, 3.8) is 0 Å². The Balaban J connectivity index is 1.71. The molecule has 1 aliphatic carbocycles. The zero-order valence-corrected chi connectivity index (χ0v) is 23.4. The molecular formula is C30H32F3N3O4S. The molecule has 3 aromatic rings. The van der Waals surface area contributed by atoms with Crippen LogP contribution >= 0.6 is 0 Å². The number of rotatable bonds is 10. The summed E-state index contributed by atoms with van der Waals surface area (Å²) in [4.78, 5) is 28.2. The number of halogens is 3. The molecular weight excluding hydrogens is 555 g/mol. The molecule has 1 aliphatic rings. The summed E-state index contributed by atoms with van der Waals surface area (Å²) in [5.74, 6) is -1.11. The Morgan fingerprint density at radius 3 is 2.15 bits per heavy atom. The molecule has 0 spiro atoms. The Hall–Kier alpha value is -3.86. The molecule has 0 unspecified atom stereocenters. The van der Waals surface area contributed by atoms with Crippen LogP contribution in [0, 0.1) is 0 Å². The van der Waals surface area contributed by atoms with Crippen LogP contribution in [0.5, 0.6) is 0 Å². The number of nitrogens with zero attached hydrogens (tertiary/aromatic N) is 2. The topological polar surface area (TPSA) is 86.8 Å². The number of benzene rings is 3. The Kier molecular flexibility index (Phi) is 9.37. The summed E-state index contributed by atoms with van der Waals surface area (Å²) in [6.45, 7) is 0.749. The zero-order valence-electron chi connectivity index (χ0n) is 22.5. The van der Waals surface area contributed by atoms with Gasteiger partial charge in [0.2, 0.25) is 11.8 Å². The SMILES string of the molecule is C[C@H](C(=O)NC1CCCC1)N(Cc1ccccc1)C(=O)CN(c1cccc(C(F)(F)F)c1)S(=O)(=O)c1ccccc1. The maximum Gasteiger partial charge on any atom is 0.416 e. The van der Waals surface area contributed by atoms with Gasteiger partial charge in [-0.2, -0.15) is 13.2 Å². The molecule has 0 bridgehead atoms. The van der Waals surface area contributed by atoms with Gasteiger partial charge >= 0.3 is 6.18 Å². The van der Waals surface area contributed by atoms with Crippen LogP contribution in [0.2, 0.25) is 0 Å². The molecule has 1 atom stereocenters. The molecule has 11 heteroatoms. The van der Waals surface area contributed by atoms with Crippen molar-refractivity contribution in [2.24, 2.45) is 0 Å². The van der Waals surface area contributed by atoms with Crippen LogP contribution in [0.4, 0.5) is 18.9 Å². The molecule has 0 aromatic heterocycles. The number of carbonyl (C=O) groups excluding carboxylic acids is 2. The number of amides is 2. The Morgan fingerprint density at radius 1 is 0.927 bits per heavy atom. The standard InChI is InChI=1S/C30H32F3N3O4S/c1-22(29(38)34-25-14-8-9-15-25)35(20-23-11-4-2-5-12-23)28(37)21-36(41(39,40)27-17-6-3-7-18-27)26-16-10-13-24(19-26)30(31,32)33/h2-7,10-13,16-19,22,25H,8-9,14-15,20-21H2,1H3,(H,34,38)/t22-/m1/s1. The van der Waals surface area contributed by atoms with Crippen molar-refractivity contribution in [1.82, 2.24) is 10.2 Å². The fourth-order valence-electron chi connectivity index (χ4n) is 4.84. The molecule has 7 nitrogen and oxygen atoms in total. The van der Waals surface area contributed by atoms with Crippen LogP contribution in [0.25, 0.3) is 0 Å². The molecule has 4 rings (SSSR count). The van der Waals surface area contributed by atoms with Crippen molar-refractivity contribution in [2.75, 3.05) is 10.8 Å². The van der Waals surface area contributed by atoms with E-state index in [0.29, 0.717) is 15.9 Å². The summed E-state index contributed by atoms with van der Waals surface area (Å²) in [5.41, 5.74) is -0.668. The van der Waals surface area contributed by atoms with Crippen LogP contribution in [-0.4, -0.2) is 43.8 Å². The molecule has 41 heavy (non-hydrogen) atoms. The minimum atomic E-state index is -4.73. The number of alkyl halides is 3. The number of hydrogen-bond donors (Lipinski definition) is 1. The molecule has 2 amide bonds. The highest BCUT2D eigenvalue weighted by Gasteiger charge is 2.35. The lowest BCUT2D eigenvalue weighted by Gasteiger charge is -2.32. The highest BCUT2D eigenvalue weighted by atomic mass is 32.2. The summed E-state index contributed by atoms with van der Waals surface area (Å²) in [7, 11) is -4.46. The Labute approximate surface area is 238 Å². The number of nitrogens with one attached hydrogen (secondary N) is 1. The van der Waals surface area contributed by atoms with Crippen molar-refractivity contribution in [3.8, 4) is 0 Å². The van der Waals surface area contributed by atoms with Crippen LogP contribution in [0.1, 0.15) is 43.7 Å². The van der Waals surface area contributed by atoms with Gasteiger partial charge in [-0.15, -0.1) is 0 Å². The summed E-state index contributed by atoms with van der Waals surface area (Å²) in [6.07, 6.45) is -1.06. The van der Waals surface area contributed by atoms with Gasteiger partial charge in [-0.1, -0.05) is 67.4 Å². The maximum atomic E-state index is 13.9. The van der Waals surface area contributed by atoms with E-state index in [0.717, 1.165) is 37.8 Å². The maximum absolute atomic E-state index is 13.9. The van der Waals surface area contributed by atoms with Gasteiger partial charge in [0.1, 0.15) is 12.6 Å². The van der Waals surface area contributed by atoms with Gasteiger partial charge in [0, 0.05) is 12.6 Å². The molecule has 0 aliphatic heterocycles. The third-order valence-corrected chi connectivity index (χ3v) is 8.92. The minimum Gasteiger partial charge on any atom is -0.352 e. The number of sulfonamides is 1. The van der Waals surface area contributed by atoms with E-state index in [4.69, 9.17) is 0 Å². The van der Waals surface area contributed by atoms with E-state index in [1.165, 1.54) is 35.2 Å². The van der Waals surface area contributed by atoms with E-state index in [2.05, 4.69) is 5.32 Å². The molecule has 1 saturated carbocycles. The second kappa shape index (κ2) is 12.8. The zero-order chi connectivity index (χ0) is 29.6.